The maximum atomic E-state index is 4.36. The molecule has 0 spiro atoms. The maximum absolute atomic E-state index is 4.36. The highest BCUT2D eigenvalue weighted by molar-refractivity contribution is 5.50. The van der Waals surface area contributed by atoms with Crippen molar-refractivity contribution in [1.82, 2.24) is 0 Å². The molecule has 0 radical (unpaired) electrons. The Hall–Kier alpha value is -2.16. The van der Waals surface area contributed by atoms with E-state index in [-0.39, 0.29) is 0 Å². The number of nitrogens with one attached hydrogen (secondary N) is 1. The van der Waals surface area contributed by atoms with Crippen molar-refractivity contribution in [2.45, 2.75) is 50.9 Å². The van der Waals surface area contributed by atoms with Crippen molar-refractivity contribution >= 4 is 17.1 Å². The molecule has 0 atom stereocenters. The number of anilines is 1. The molecule has 0 aliphatic heterocycles. The Morgan fingerprint density at radius 2 is 1.21 bits per heavy atom. The molecule has 0 aromatic heterocycles. The van der Waals surface area contributed by atoms with Gasteiger partial charge in [0, 0.05) is 12.7 Å². The first-order chi connectivity index (χ1) is 11.8. The minimum absolute atomic E-state index is 0.727. The predicted octanol–water partition coefficient (Wildman–Crippen LogP) is 6.97. The van der Waals surface area contributed by atoms with Crippen molar-refractivity contribution in [3.05, 3.63) is 54.1 Å². The highest BCUT2D eigenvalue weighted by atomic mass is 15.1. The van der Waals surface area contributed by atoms with Crippen LogP contribution < -0.4 is 5.32 Å². The Kier molecular flexibility index (Phi) is 6.00. The second-order valence-corrected chi connectivity index (χ2v) is 6.63. The third-order valence-corrected chi connectivity index (χ3v) is 4.91. The second kappa shape index (κ2) is 8.62. The molecular formula is C21H27N3. The number of hydrogen-bond acceptors (Lipinski definition) is 3. The van der Waals surface area contributed by atoms with Gasteiger partial charge in [-0.05, 0) is 60.7 Å². The van der Waals surface area contributed by atoms with Crippen molar-refractivity contribution in [3.63, 3.8) is 0 Å². The number of benzene rings is 2. The summed E-state index contributed by atoms with van der Waals surface area (Å²) in [6.07, 6.45) is 9.62. The normalized spacial score (nSPS) is 16.7. The van der Waals surface area contributed by atoms with E-state index in [0.29, 0.717) is 0 Å². The van der Waals surface area contributed by atoms with Crippen LogP contribution in [0.15, 0.2) is 58.8 Å². The summed E-state index contributed by atoms with van der Waals surface area (Å²) in [4.78, 5) is 0. The molecular weight excluding hydrogens is 294 g/mol. The topological polar surface area (TPSA) is 36.8 Å². The van der Waals surface area contributed by atoms with E-state index in [4.69, 9.17) is 0 Å². The molecule has 1 saturated carbocycles. The maximum Gasteiger partial charge on any atom is 0.0858 e. The summed E-state index contributed by atoms with van der Waals surface area (Å²) in [5.74, 6) is 0.727. The molecule has 2 aromatic rings. The van der Waals surface area contributed by atoms with Crippen LogP contribution in [0.1, 0.15) is 56.4 Å². The summed E-state index contributed by atoms with van der Waals surface area (Å²) in [7, 11) is 1.91. The van der Waals surface area contributed by atoms with Crippen LogP contribution in [0, 0.1) is 0 Å². The molecule has 1 fully saturated rings. The lowest BCUT2D eigenvalue weighted by molar-refractivity contribution is 0.455. The predicted molar refractivity (Wildman–Crippen MR) is 102 cm³/mol. The van der Waals surface area contributed by atoms with E-state index in [1.807, 2.05) is 31.3 Å². The SMILES string of the molecule is CNc1ccc(N=Nc2ccc(C3CCCCCCC3)cc2)cc1. The summed E-state index contributed by atoms with van der Waals surface area (Å²) in [5, 5.41) is 11.8. The lowest BCUT2D eigenvalue weighted by Crippen LogP contribution is -2.01. The lowest BCUT2D eigenvalue weighted by atomic mass is 9.86. The summed E-state index contributed by atoms with van der Waals surface area (Å²) in [6.45, 7) is 0. The van der Waals surface area contributed by atoms with Gasteiger partial charge in [-0.15, -0.1) is 0 Å². The molecule has 0 amide bonds. The van der Waals surface area contributed by atoms with Crippen LogP contribution >= 0.6 is 0 Å². The second-order valence-electron chi connectivity index (χ2n) is 6.63. The van der Waals surface area contributed by atoms with Crippen LogP contribution in [0.5, 0.6) is 0 Å². The quantitative estimate of drug-likeness (QED) is 0.606. The number of nitrogens with zero attached hydrogens (tertiary/aromatic N) is 2. The van der Waals surface area contributed by atoms with Gasteiger partial charge in [-0.1, -0.05) is 44.2 Å². The summed E-state index contributed by atoms with van der Waals surface area (Å²) in [6, 6.07) is 16.6. The van der Waals surface area contributed by atoms with E-state index >= 15 is 0 Å². The van der Waals surface area contributed by atoms with Crippen molar-refractivity contribution in [2.75, 3.05) is 12.4 Å². The minimum atomic E-state index is 0.727. The van der Waals surface area contributed by atoms with Gasteiger partial charge in [0.1, 0.15) is 0 Å². The molecule has 24 heavy (non-hydrogen) atoms. The molecule has 1 N–H and O–H groups in total. The van der Waals surface area contributed by atoms with Crippen molar-refractivity contribution in [3.8, 4) is 0 Å². The lowest BCUT2D eigenvalue weighted by Gasteiger charge is -2.20. The molecule has 0 saturated heterocycles. The van der Waals surface area contributed by atoms with E-state index in [2.05, 4.69) is 39.8 Å². The van der Waals surface area contributed by atoms with Crippen LogP contribution in [0.4, 0.5) is 17.1 Å². The van der Waals surface area contributed by atoms with E-state index in [9.17, 15) is 0 Å². The zero-order valence-corrected chi connectivity index (χ0v) is 14.5. The largest absolute Gasteiger partial charge is 0.388 e. The Labute approximate surface area is 145 Å². The third kappa shape index (κ3) is 4.67. The molecule has 3 rings (SSSR count). The van der Waals surface area contributed by atoms with Crippen molar-refractivity contribution in [1.29, 1.82) is 0 Å². The monoisotopic (exact) mass is 321 g/mol. The average Bonchev–Trinajstić information content (AvgIpc) is 2.61. The smallest absolute Gasteiger partial charge is 0.0858 e. The molecule has 1 aliphatic carbocycles. The van der Waals surface area contributed by atoms with Gasteiger partial charge in [0.15, 0.2) is 0 Å². The molecule has 1 aliphatic rings. The van der Waals surface area contributed by atoms with Crippen LogP contribution in [0.3, 0.4) is 0 Å². The summed E-state index contributed by atoms with van der Waals surface area (Å²) in [5.41, 5.74) is 4.34. The zero-order valence-electron chi connectivity index (χ0n) is 14.5. The first-order valence-electron chi connectivity index (χ1n) is 9.15. The third-order valence-electron chi connectivity index (χ3n) is 4.91. The van der Waals surface area contributed by atoms with Gasteiger partial charge in [-0.3, -0.25) is 0 Å². The van der Waals surface area contributed by atoms with E-state index in [0.717, 1.165) is 23.0 Å². The Balaban J connectivity index is 1.63. The summed E-state index contributed by atoms with van der Waals surface area (Å²) < 4.78 is 0. The molecule has 3 heteroatoms. The molecule has 2 aromatic carbocycles. The zero-order chi connectivity index (χ0) is 16.6. The van der Waals surface area contributed by atoms with E-state index < -0.39 is 0 Å². The van der Waals surface area contributed by atoms with Gasteiger partial charge in [0.2, 0.25) is 0 Å². The first kappa shape index (κ1) is 16.7. The fourth-order valence-electron chi connectivity index (χ4n) is 3.41. The number of azo groups is 1. The molecule has 3 nitrogen and oxygen atoms in total. The number of hydrogen-bond donors (Lipinski definition) is 1. The Bertz CT molecular complexity index is 636. The van der Waals surface area contributed by atoms with Crippen LogP contribution in [0.25, 0.3) is 0 Å². The van der Waals surface area contributed by atoms with Gasteiger partial charge in [0.25, 0.3) is 0 Å². The molecule has 0 bridgehead atoms. The van der Waals surface area contributed by atoms with Gasteiger partial charge < -0.3 is 5.32 Å². The first-order valence-corrected chi connectivity index (χ1v) is 9.15. The Morgan fingerprint density at radius 3 is 1.75 bits per heavy atom. The van der Waals surface area contributed by atoms with Crippen molar-refractivity contribution < 1.29 is 0 Å². The van der Waals surface area contributed by atoms with Crippen molar-refractivity contribution in [2.24, 2.45) is 10.2 Å². The minimum Gasteiger partial charge on any atom is -0.388 e. The van der Waals surface area contributed by atoms with Gasteiger partial charge >= 0.3 is 0 Å². The van der Waals surface area contributed by atoms with Gasteiger partial charge in [-0.25, -0.2) is 0 Å². The van der Waals surface area contributed by atoms with Gasteiger partial charge in [0.05, 0.1) is 11.4 Å². The van der Waals surface area contributed by atoms with Gasteiger partial charge in [-0.2, -0.15) is 10.2 Å². The fourth-order valence-corrected chi connectivity index (χ4v) is 3.41. The highest BCUT2D eigenvalue weighted by Crippen LogP contribution is 2.32. The number of rotatable bonds is 4. The molecule has 0 unspecified atom stereocenters. The highest BCUT2D eigenvalue weighted by Gasteiger charge is 2.13. The van der Waals surface area contributed by atoms with Crippen LogP contribution in [0.2, 0.25) is 0 Å². The average molecular weight is 321 g/mol. The van der Waals surface area contributed by atoms with E-state index in [1.165, 1.54) is 50.5 Å². The van der Waals surface area contributed by atoms with E-state index in [1.54, 1.807) is 0 Å². The summed E-state index contributed by atoms with van der Waals surface area (Å²) >= 11 is 0. The van der Waals surface area contributed by atoms with Crippen LogP contribution in [-0.2, 0) is 0 Å². The Morgan fingerprint density at radius 1 is 0.708 bits per heavy atom. The standard InChI is InChI=1S/C21H27N3/c1-22-19-13-15-21(16-14-19)24-23-20-11-9-18(10-12-20)17-7-5-3-2-4-6-8-17/h9-17,22H,2-8H2,1H3. The fraction of sp³-hybridized carbons (Fsp3) is 0.429. The molecule has 126 valence electrons. The molecule has 0 heterocycles. The van der Waals surface area contributed by atoms with Crippen LogP contribution in [-0.4, -0.2) is 7.05 Å².